The van der Waals surface area contributed by atoms with Gasteiger partial charge in [0.05, 0.1) is 0 Å². The Hall–Kier alpha value is 2.57. The van der Waals surface area contributed by atoms with Gasteiger partial charge in [-0.1, -0.05) is 0 Å². The molecule has 11 heteroatoms. The smallest absolute Gasteiger partial charge is 2.00 e. The molecule has 0 aliphatic heterocycles. The Kier molecular flexibility index (Phi) is 7500. The Bertz CT molecular complexity index is 14.4. The monoisotopic (exact) mass is 678 g/mol. The van der Waals surface area contributed by atoms with Crippen LogP contribution in [0.25, 0.3) is 0 Å². The molecule has 0 saturated carbocycles. The molecule has 0 fully saturated rings. The molecular weight excluding hydrogens is 675 g/mol. The third-order valence-corrected chi connectivity index (χ3v) is 0. The van der Waals surface area contributed by atoms with E-state index in [1.165, 1.54) is 0 Å². The van der Waals surface area contributed by atoms with Crippen molar-refractivity contribution in [2.45, 2.75) is 0 Å². The zero-order chi connectivity index (χ0) is 0. The minimum atomic E-state index is 0. The van der Waals surface area contributed by atoms with Crippen molar-refractivity contribution in [2.24, 2.45) is 0 Å². The van der Waals surface area contributed by atoms with Gasteiger partial charge < -0.3 is 38.3 Å². The van der Waals surface area contributed by atoms with E-state index in [2.05, 4.69) is 0 Å². The first-order valence-corrected chi connectivity index (χ1v) is 0. The normalized spacial score (nSPS) is 0. The number of hydrogen-bond acceptors (Lipinski definition) is 0. The van der Waals surface area contributed by atoms with Crippen molar-refractivity contribution in [1.82, 2.24) is 0 Å². The first-order chi connectivity index (χ1) is 0. The van der Waals surface area contributed by atoms with Gasteiger partial charge in [-0.15, -0.1) is 0 Å². The molecule has 0 saturated heterocycles. The van der Waals surface area contributed by atoms with Crippen LogP contribution < -0.4 is 0 Å². The molecule has 68 valence electrons. The average Bonchev–Trinajstić information content (AvgIpc) is 0. The van der Waals surface area contributed by atoms with Crippen LogP contribution in [0.5, 0.6) is 0 Å². The maximum atomic E-state index is 0. The van der Waals surface area contributed by atoms with Gasteiger partial charge in [-0.25, -0.2) is 0 Å². The number of hydrogen-bond donors (Lipinski definition) is 0. The van der Waals surface area contributed by atoms with E-state index < -0.39 is 0 Å². The molecule has 0 bridgehead atoms. The summed E-state index contributed by atoms with van der Waals surface area (Å²) in [7, 11) is 0. The van der Waals surface area contributed by atoms with E-state index in [0.29, 0.717) is 0 Å². The van der Waals surface area contributed by atoms with Crippen LogP contribution >= 0.6 is 0 Å². The van der Waals surface area contributed by atoms with Crippen LogP contribution in [0.15, 0.2) is 0 Å². The summed E-state index contributed by atoms with van der Waals surface area (Å²) in [5.41, 5.74) is 0. The van der Waals surface area contributed by atoms with Crippen molar-refractivity contribution >= 4 is 87.6 Å². The van der Waals surface area contributed by atoms with E-state index >= 15 is 0 Å². The largest absolute Gasteiger partial charge is 3.00 e. The molecule has 0 aliphatic rings. The van der Waals surface area contributed by atoms with Crippen molar-refractivity contribution < 1.29 is 38.3 Å². The van der Waals surface area contributed by atoms with Gasteiger partial charge in [-0.3, -0.25) is 0 Å². The molecule has 0 heterocycles. The van der Waals surface area contributed by atoms with E-state index in [1.807, 2.05) is 0 Å². The van der Waals surface area contributed by atoms with Crippen LogP contribution in [-0.2, 0) is 38.3 Å². The molecule has 0 aromatic carbocycles. The summed E-state index contributed by atoms with van der Waals surface area (Å²) < 4.78 is 0. The molecule has 0 rings (SSSR count). The summed E-state index contributed by atoms with van der Waals surface area (Å²) in [5.74, 6) is 0. The van der Waals surface area contributed by atoms with Gasteiger partial charge >= 0.3 is 52.4 Å². The first kappa shape index (κ1) is 324. The second-order valence-electron chi connectivity index (χ2n) is 0. The molecule has 0 atom stereocenters. The summed E-state index contributed by atoms with van der Waals surface area (Å²) in [4.78, 5) is 0. The summed E-state index contributed by atoms with van der Waals surface area (Å²) in [6.45, 7) is 0. The predicted molar refractivity (Wildman–Crippen MR) is 27.8 cm³/mol. The molecule has 0 unspecified atom stereocenters. The maximum Gasteiger partial charge on any atom is 3.00 e. The van der Waals surface area contributed by atoms with Crippen molar-refractivity contribution in [2.75, 3.05) is 0 Å². The van der Waals surface area contributed by atoms with Gasteiger partial charge in [0, 0.05) is 35.2 Å². The van der Waals surface area contributed by atoms with Gasteiger partial charge in [0.2, 0.25) is 0 Å². The van der Waals surface area contributed by atoms with Gasteiger partial charge in [0.1, 0.15) is 0 Å². The summed E-state index contributed by atoms with van der Waals surface area (Å²) >= 11 is 0. The quantitative estimate of drug-likeness (QED) is 0.248. The predicted octanol–water partition coefficient (Wildman–Crippen LogP) is -2.35. The Morgan fingerprint density at radius 1 is 0.273 bits per heavy atom. The van der Waals surface area contributed by atoms with E-state index in [9.17, 15) is 0 Å². The van der Waals surface area contributed by atoms with Crippen LogP contribution in [0, 0.1) is 0 Å². The molecule has 0 spiro atoms. The third kappa shape index (κ3) is 212. The molecular formula is Bi2Ge2O7-8. The number of rotatable bonds is 0. The van der Waals surface area contributed by atoms with Crippen molar-refractivity contribution in [3.63, 3.8) is 0 Å². The molecule has 11 heavy (non-hydrogen) atoms. The van der Waals surface area contributed by atoms with Crippen LogP contribution in [0.3, 0.4) is 0 Å². The van der Waals surface area contributed by atoms with E-state index in [0.717, 1.165) is 0 Å². The van der Waals surface area contributed by atoms with Gasteiger partial charge in [-0.05, 0) is 0 Å². The molecule has 0 N–H and O–H groups in total. The van der Waals surface area contributed by atoms with Crippen LogP contribution in [0.2, 0.25) is 0 Å². The van der Waals surface area contributed by atoms with Crippen molar-refractivity contribution in [3.05, 3.63) is 0 Å². The third-order valence-electron chi connectivity index (χ3n) is 0. The minimum Gasteiger partial charge on any atom is -2.00 e. The molecule has 0 aromatic rings. The first-order valence-electron chi connectivity index (χ1n) is 0. The SMILES string of the molecule is [Bi+3].[Bi+3].[Ge].[Ge].[O-2].[O-2].[O-2].[O-2].[O-2].[O-2].[O-2]. The van der Waals surface area contributed by atoms with Gasteiger partial charge in [0.25, 0.3) is 0 Å². The van der Waals surface area contributed by atoms with Gasteiger partial charge in [0.15, 0.2) is 0 Å². The molecule has 0 amide bonds. The standard InChI is InChI=1S/2Bi.2Ge.7O/q2*+3;;;7*-2. The van der Waals surface area contributed by atoms with Crippen LogP contribution in [0.1, 0.15) is 0 Å². The fourth-order valence-corrected chi connectivity index (χ4v) is 0. The van der Waals surface area contributed by atoms with E-state index in [-0.39, 0.29) is 126 Å². The van der Waals surface area contributed by atoms with Crippen molar-refractivity contribution in [3.8, 4) is 0 Å². The Morgan fingerprint density at radius 3 is 0.273 bits per heavy atom. The van der Waals surface area contributed by atoms with Gasteiger partial charge in [-0.2, -0.15) is 0 Å². The van der Waals surface area contributed by atoms with Crippen LogP contribution in [0.4, 0.5) is 0 Å². The topological polar surface area (TPSA) is 200 Å². The summed E-state index contributed by atoms with van der Waals surface area (Å²) in [5, 5.41) is 0. The Morgan fingerprint density at radius 2 is 0.273 bits per heavy atom. The zero-order valence-corrected chi connectivity index (χ0v) is 15.9. The van der Waals surface area contributed by atoms with Crippen molar-refractivity contribution in [1.29, 1.82) is 0 Å². The maximum absolute atomic E-state index is 0. The fraction of sp³-hybridized carbons (Fsp3) is 0. The second kappa shape index (κ2) is 255. The molecule has 0 aliphatic carbocycles. The Labute approximate surface area is 124 Å². The fourth-order valence-electron chi connectivity index (χ4n) is 0. The molecule has 7 nitrogen and oxygen atoms in total. The average molecular weight is 675 g/mol. The van der Waals surface area contributed by atoms with E-state index in [4.69, 9.17) is 0 Å². The van der Waals surface area contributed by atoms with E-state index in [1.54, 1.807) is 0 Å². The zero-order valence-electron chi connectivity index (χ0n) is 4.75. The molecule has 0 aromatic heterocycles. The van der Waals surface area contributed by atoms with Crippen LogP contribution in [-0.4, -0.2) is 87.6 Å². The second-order valence-corrected chi connectivity index (χ2v) is 0. The summed E-state index contributed by atoms with van der Waals surface area (Å²) in [6.07, 6.45) is 0. The Balaban J connectivity index is 0. The molecule has 12 radical (unpaired) electrons. The minimum absolute atomic E-state index is 0. The summed E-state index contributed by atoms with van der Waals surface area (Å²) in [6, 6.07) is 0.